The summed E-state index contributed by atoms with van der Waals surface area (Å²) in [4.78, 5) is 17.1. The summed E-state index contributed by atoms with van der Waals surface area (Å²) in [6, 6.07) is 15.4. The van der Waals surface area contributed by atoms with Gasteiger partial charge in [0.1, 0.15) is 11.6 Å². The van der Waals surface area contributed by atoms with Gasteiger partial charge in [0.05, 0.1) is 11.4 Å². The van der Waals surface area contributed by atoms with Crippen LogP contribution < -0.4 is 5.32 Å². The second-order valence-corrected chi connectivity index (χ2v) is 7.27. The number of nitrogens with zero attached hydrogens (tertiary/aromatic N) is 3. The third kappa shape index (κ3) is 3.70. The molecule has 0 fully saturated rings. The van der Waals surface area contributed by atoms with Gasteiger partial charge in [-0.1, -0.05) is 35.9 Å². The predicted octanol–water partition coefficient (Wildman–Crippen LogP) is 5.00. The van der Waals surface area contributed by atoms with Crippen LogP contribution in [0.1, 0.15) is 21.6 Å². The first-order valence-corrected chi connectivity index (χ1v) is 9.54. The molecule has 0 saturated carbocycles. The van der Waals surface area contributed by atoms with E-state index in [-0.39, 0.29) is 5.56 Å². The number of benzene rings is 2. The molecule has 140 valence electrons. The molecular formula is C21H17FN4OS. The van der Waals surface area contributed by atoms with Crippen molar-refractivity contribution in [2.75, 3.05) is 5.32 Å². The second-order valence-electron chi connectivity index (χ2n) is 6.43. The molecule has 7 heteroatoms. The zero-order valence-electron chi connectivity index (χ0n) is 15.3. The Bertz CT molecular complexity index is 1150. The van der Waals surface area contributed by atoms with Crippen LogP contribution >= 0.6 is 11.3 Å². The van der Waals surface area contributed by atoms with Crippen molar-refractivity contribution in [3.8, 4) is 16.4 Å². The SMILES string of the molecule is Cc1ccc(-c2csc(-n3nc(C)cc3NC(=O)c3cccc(F)c3)n2)cc1. The molecule has 0 radical (unpaired) electrons. The van der Waals surface area contributed by atoms with Gasteiger partial charge < -0.3 is 5.32 Å². The summed E-state index contributed by atoms with van der Waals surface area (Å²) in [5, 5.41) is 9.82. The number of nitrogens with one attached hydrogen (secondary N) is 1. The van der Waals surface area contributed by atoms with Crippen molar-refractivity contribution in [1.82, 2.24) is 14.8 Å². The second kappa shape index (κ2) is 7.36. The maximum Gasteiger partial charge on any atom is 0.256 e. The number of hydrogen-bond donors (Lipinski definition) is 1. The van der Waals surface area contributed by atoms with E-state index in [9.17, 15) is 9.18 Å². The van der Waals surface area contributed by atoms with E-state index in [0.29, 0.717) is 10.9 Å². The van der Waals surface area contributed by atoms with Gasteiger partial charge in [-0.25, -0.2) is 9.37 Å². The van der Waals surface area contributed by atoms with E-state index in [1.54, 1.807) is 16.8 Å². The quantitative estimate of drug-likeness (QED) is 0.531. The summed E-state index contributed by atoms with van der Waals surface area (Å²) in [7, 11) is 0. The third-order valence-electron chi connectivity index (χ3n) is 4.18. The van der Waals surface area contributed by atoms with Crippen molar-refractivity contribution < 1.29 is 9.18 Å². The van der Waals surface area contributed by atoms with Crippen LogP contribution in [0.4, 0.5) is 10.2 Å². The minimum atomic E-state index is -0.458. The first-order chi connectivity index (χ1) is 13.5. The number of thiazole rings is 1. The van der Waals surface area contributed by atoms with Crippen LogP contribution in [0.5, 0.6) is 0 Å². The van der Waals surface area contributed by atoms with Gasteiger partial charge in [-0.2, -0.15) is 9.78 Å². The van der Waals surface area contributed by atoms with Crippen LogP contribution in [-0.2, 0) is 0 Å². The summed E-state index contributed by atoms with van der Waals surface area (Å²) in [5.41, 5.74) is 4.02. The maximum atomic E-state index is 13.4. The summed E-state index contributed by atoms with van der Waals surface area (Å²) in [5.74, 6) is -0.382. The van der Waals surface area contributed by atoms with E-state index < -0.39 is 11.7 Å². The average Bonchev–Trinajstić information content (AvgIpc) is 3.29. The van der Waals surface area contributed by atoms with Crippen molar-refractivity contribution in [2.45, 2.75) is 13.8 Å². The first-order valence-electron chi connectivity index (χ1n) is 8.66. The highest BCUT2D eigenvalue weighted by atomic mass is 32.1. The van der Waals surface area contributed by atoms with E-state index in [1.807, 2.05) is 43.5 Å². The van der Waals surface area contributed by atoms with Crippen LogP contribution in [0.3, 0.4) is 0 Å². The molecule has 2 aromatic carbocycles. The fraction of sp³-hybridized carbons (Fsp3) is 0.0952. The van der Waals surface area contributed by atoms with Crippen molar-refractivity contribution in [1.29, 1.82) is 0 Å². The normalized spacial score (nSPS) is 10.8. The largest absolute Gasteiger partial charge is 0.306 e. The van der Waals surface area contributed by atoms with Gasteiger partial charge in [0, 0.05) is 22.6 Å². The topological polar surface area (TPSA) is 59.8 Å². The van der Waals surface area contributed by atoms with E-state index in [0.717, 1.165) is 17.0 Å². The Kier molecular flexibility index (Phi) is 4.75. The Balaban J connectivity index is 1.63. The Morgan fingerprint density at radius 3 is 2.64 bits per heavy atom. The number of amides is 1. The molecule has 4 rings (SSSR count). The number of halogens is 1. The molecule has 0 atom stereocenters. The lowest BCUT2D eigenvalue weighted by atomic mass is 10.1. The van der Waals surface area contributed by atoms with Crippen LogP contribution in [-0.4, -0.2) is 20.7 Å². The van der Waals surface area contributed by atoms with Crippen molar-refractivity contribution >= 4 is 23.1 Å². The minimum Gasteiger partial charge on any atom is -0.306 e. The number of aryl methyl sites for hydroxylation is 2. The molecule has 0 saturated heterocycles. The first kappa shape index (κ1) is 18.1. The molecule has 0 aliphatic carbocycles. The fourth-order valence-electron chi connectivity index (χ4n) is 2.77. The number of aromatic nitrogens is 3. The molecule has 0 unspecified atom stereocenters. The lowest BCUT2D eigenvalue weighted by Crippen LogP contribution is -2.15. The van der Waals surface area contributed by atoms with Crippen LogP contribution in [0, 0.1) is 19.7 Å². The Labute approximate surface area is 165 Å². The number of rotatable bonds is 4. The van der Waals surface area contributed by atoms with Crippen molar-refractivity contribution in [3.05, 3.63) is 82.6 Å². The molecule has 0 aliphatic heterocycles. The minimum absolute atomic E-state index is 0.241. The van der Waals surface area contributed by atoms with E-state index in [1.165, 1.54) is 35.1 Å². The van der Waals surface area contributed by atoms with Gasteiger partial charge in [0.25, 0.3) is 5.91 Å². The molecule has 1 amide bonds. The number of carbonyl (C=O) groups is 1. The summed E-state index contributed by atoms with van der Waals surface area (Å²) >= 11 is 1.43. The van der Waals surface area contributed by atoms with Gasteiger partial charge in [0.2, 0.25) is 5.13 Å². The fourth-order valence-corrected chi connectivity index (χ4v) is 3.57. The molecule has 2 aromatic heterocycles. The van der Waals surface area contributed by atoms with Gasteiger partial charge in [-0.15, -0.1) is 11.3 Å². The summed E-state index contributed by atoms with van der Waals surface area (Å²) in [6.45, 7) is 3.87. The van der Waals surface area contributed by atoms with E-state index in [4.69, 9.17) is 0 Å². The lowest BCUT2D eigenvalue weighted by molar-refractivity contribution is 0.102. The monoisotopic (exact) mass is 392 g/mol. The van der Waals surface area contributed by atoms with Crippen molar-refractivity contribution in [2.24, 2.45) is 0 Å². The van der Waals surface area contributed by atoms with Gasteiger partial charge in [-0.3, -0.25) is 4.79 Å². The summed E-state index contributed by atoms with van der Waals surface area (Å²) in [6.07, 6.45) is 0. The number of anilines is 1. The Morgan fingerprint density at radius 1 is 1.11 bits per heavy atom. The molecule has 0 aliphatic rings. The van der Waals surface area contributed by atoms with Gasteiger partial charge in [-0.05, 0) is 32.0 Å². The molecule has 4 aromatic rings. The molecule has 5 nitrogen and oxygen atoms in total. The molecule has 2 heterocycles. The number of carbonyl (C=O) groups excluding carboxylic acids is 1. The van der Waals surface area contributed by atoms with E-state index >= 15 is 0 Å². The molecule has 28 heavy (non-hydrogen) atoms. The smallest absolute Gasteiger partial charge is 0.256 e. The van der Waals surface area contributed by atoms with E-state index in [2.05, 4.69) is 15.4 Å². The van der Waals surface area contributed by atoms with Gasteiger partial charge >= 0.3 is 0 Å². The third-order valence-corrected chi connectivity index (χ3v) is 5.00. The standard InChI is InChI=1S/C21H17FN4OS/c1-13-6-8-15(9-7-13)18-12-28-21(23-18)26-19(10-14(2)25-26)24-20(27)16-4-3-5-17(22)11-16/h3-12H,1-2H3,(H,24,27). The molecular weight excluding hydrogens is 375 g/mol. The van der Waals surface area contributed by atoms with Crippen LogP contribution in [0.2, 0.25) is 0 Å². The van der Waals surface area contributed by atoms with Crippen molar-refractivity contribution in [3.63, 3.8) is 0 Å². The van der Waals surface area contributed by atoms with Gasteiger partial charge in [0.15, 0.2) is 0 Å². The molecule has 0 spiro atoms. The lowest BCUT2D eigenvalue weighted by Gasteiger charge is -2.06. The summed E-state index contributed by atoms with van der Waals surface area (Å²) < 4.78 is 15.0. The average molecular weight is 392 g/mol. The zero-order valence-corrected chi connectivity index (χ0v) is 16.1. The maximum absolute atomic E-state index is 13.4. The predicted molar refractivity (Wildman–Crippen MR) is 108 cm³/mol. The highest BCUT2D eigenvalue weighted by molar-refractivity contribution is 7.12. The molecule has 1 N–H and O–H groups in total. The zero-order chi connectivity index (χ0) is 19.7. The highest BCUT2D eigenvalue weighted by Crippen LogP contribution is 2.26. The van der Waals surface area contributed by atoms with Crippen LogP contribution in [0.15, 0.2) is 60.0 Å². The number of hydrogen-bond acceptors (Lipinski definition) is 4. The van der Waals surface area contributed by atoms with Crippen LogP contribution in [0.25, 0.3) is 16.4 Å². The Hall–Kier alpha value is -3.32. The highest BCUT2D eigenvalue weighted by Gasteiger charge is 2.15. The Morgan fingerprint density at radius 2 is 1.89 bits per heavy atom. The molecule has 0 bridgehead atoms.